The number of ether oxygens (including phenoxy) is 1. The van der Waals surface area contributed by atoms with Crippen LogP contribution in [0.25, 0.3) is 5.65 Å². The van der Waals surface area contributed by atoms with Gasteiger partial charge < -0.3 is 25.6 Å². The fraction of sp³-hybridized carbons (Fsp3) is 0.192. The summed E-state index contributed by atoms with van der Waals surface area (Å²) in [6, 6.07) is 11.4. The number of rotatable bonds is 6. The van der Waals surface area contributed by atoms with Crippen LogP contribution in [0.2, 0.25) is 0 Å². The molecule has 38 heavy (non-hydrogen) atoms. The number of nitrogens with zero attached hydrogens (tertiary/aromatic N) is 3. The molecule has 194 valence electrons. The Balaban J connectivity index is 1.41. The van der Waals surface area contributed by atoms with Gasteiger partial charge in [0.05, 0.1) is 31.0 Å². The molecule has 0 radical (unpaired) electrons. The lowest BCUT2D eigenvalue weighted by Crippen LogP contribution is -2.35. The number of halogens is 1. The molecule has 1 aliphatic carbocycles. The van der Waals surface area contributed by atoms with E-state index in [-0.39, 0.29) is 35.8 Å². The standard InChI is InChI=1S/C26H22FN5O6/c1-38-26(37)14-5-6-17-15(8-14)9-21(34)22(17)31-25(36)20-10-19(30-23-18(27)12-29-32(20)23)24(35)28-11-13-3-2-4-16(33)7-13/h2-8,10,12,21-22,33-34H,9,11H2,1H3,(H,28,35)(H,31,36)/t21-,22?/m0/s1. The van der Waals surface area contributed by atoms with Crippen LogP contribution in [0.3, 0.4) is 0 Å². The minimum Gasteiger partial charge on any atom is -0.508 e. The molecule has 0 saturated carbocycles. The quantitative estimate of drug-likeness (QED) is 0.281. The summed E-state index contributed by atoms with van der Waals surface area (Å²) in [4.78, 5) is 42.0. The van der Waals surface area contributed by atoms with Crippen LogP contribution in [0.4, 0.5) is 4.39 Å². The van der Waals surface area contributed by atoms with E-state index in [2.05, 4.69) is 20.7 Å². The van der Waals surface area contributed by atoms with Gasteiger partial charge in [0.1, 0.15) is 17.1 Å². The number of phenolic OH excluding ortho intramolecular Hbond substituents is 1. The monoisotopic (exact) mass is 519 g/mol. The summed E-state index contributed by atoms with van der Waals surface area (Å²) in [5.41, 5.74) is 1.50. The Bertz CT molecular complexity index is 1590. The highest BCUT2D eigenvalue weighted by Gasteiger charge is 2.34. The Labute approximate surface area is 214 Å². The van der Waals surface area contributed by atoms with Crippen molar-refractivity contribution >= 4 is 23.4 Å². The number of phenols is 1. The number of aliphatic hydroxyl groups excluding tert-OH is 1. The third-order valence-corrected chi connectivity index (χ3v) is 6.26. The number of fused-ring (bicyclic) bond motifs is 2. The molecule has 2 amide bonds. The smallest absolute Gasteiger partial charge is 0.337 e. The van der Waals surface area contributed by atoms with E-state index in [1.54, 1.807) is 24.3 Å². The van der Waals surface area contributed by atoms with Crippen LogP contribution in [0.5, 0.6) is 5.75 Å². The Hall–Kier alpha value is -4.84. The SMILES string of the molecule is COC(=O)c1ccc2c(c1)C[C@H](O)C2NC(=O)c1cc(C(=O)NCc2cccc(O)c2)nc2c(F)cnn12. The number of amides is 2. The molecule has 1 aliphatic rings. The van der Waals surface area contributed by atoms with Crippen molar-refractivity contribution in [2.75, 3.05) is 7.11 Å². The van der Waals surface area contributed by atoms with Gasteiger partial charge in [0.25, 0.3) is 11.8 Å². The minimum atomic E-state index is -0.987. The minimum absolute atomic E-state index is 0.0359. The van der Waals surface area contributed by atoms with Gasteiger partial charge >= 0.3 is 5.97 Å². The van der Waals surface area contributed by atoms with E-state index in [9.17, 15) is 29.0 Å². The Morgan fingerprint density at radius 3 is 2.74 bits per heavy atom. The van der Waals surface area contributed by atoms with E-state index in [1.807, 2.05) is 0 Å². The van der Waals surface area contributed by atoms with E-state index >= 15 is 0 Å². The summed E-state index contributed by atoms with van der Waals surface area (Å²) in [7, 11) is 1.27. The summed E-state index contributed by atoms with van der Waals surface area (Å²) < 4.78 is 20.1. The molecule has 4 aromatic rings. The largest absolute Gasteiger partial charge is 0.508 e. The first-order chi connectivity index (χ1) is 18.2. The van der Waals surface area contributed by atoms with Crippen molar-refractivity contribution in [2.45, 2.75) is 25.1 Å². The van der Waals surface area contributed by atoms with Gasteiger partial charge in [0, 0.05) is 19.0 Å². The zero-order valence-corrected chi connectivity index (χ0v) is 20.0. The maximum atomic E-state index is 14.4. The Morgan fingerprint density at radius 2 is 1.97 bits per heavy atom. The van der Waals surface area contributed by atoms with Gasteiger partial charge in [-0.2, -0.15) is 5.10 Å². The van der Waals surface area contributed by atoms with Gasteiger partial charge in [-0.3, -0.25) is 9.59 Å². The summed E-state index contributed by atoms with van der Waals surface area (Å²) in [5.74, 6) is -2.72. The second-order valence-electron chi connectivity index (χ2n) is 8.73. The maximum Gasteiger partial charge on any atom is 0.337 e. The predicted octanol–water partition coefficient (Wildman–Crippen LogP) is 1.68. The van der Waals surface area contributed by atoms with Crippen molar-refractivity contribution in [3.63, 3.8) is 0 Å². The Morgan fingerprint density at radius 1 is 1.16 bits per heavy atom. The highest BCUT2D eigenvalue weighted by Crippen LogP contribution is 2.32. The third kappa shape index (κ3) is 4.64. The van der Waals surface area contributed by atoms with E-state index in [0.29, 0.717) is 22.3 Å². The third-order valence-electron chi connectivity index (χ3n) is 6.26. The van der Waals surface area contributed by atoms with Crippen LogP contribution in [0, 0.1) is 5.82 Å². The summed E-state index contributed by atoms with van der Waals surface area (Å²) >= 11 is 0. The maximum absolute atomic E-state index is 14.4. The lowest BCUT2D eigenvalue weighted by molar-refractivity contribution is 0.0600. The second kappa shape index (κ2) is 9.90. The van der Waals surface area contributed by atoms with Gasteiger partial charge in [-0.1, -0.05) is 18.2 Å². The number of aromatic hydroxyl groups is 1. The number of aromatic nitrogens is 3. The molecule has 0 spiro atoms. The van der Waals surface area contributed by atoms with E-state index in [0.717, 1.165) is 10.7 Å². The van der Waals surface area contributed by atoms with E-state index in [1.165, 1.54) is 31.4 Å². The lowest BCUT2D eigenvalue weighted by Gasteiger charge is -2.18. The molecule has 5 rings (SSSR count). The van der Waals surface area contributed by atoms with Gasteiger partial charge in [-0.05, 0) is 41.0 Å². The van der Waals surface area contributed by atoms with Gasteiger partial charge in [-0.15, -0.1) is 0 Å². The van der Waals surface area contributed by atoms with Crippen molar-refractivity contribution < 1.29 is 33.7 Å². The van der Waals surface area contributed by atoms with Crippen molar-refractivity contribution in [3.05, 3.63) is 94.2 Å². The number of nitrogens with one attached hydrogen (secondary N) is 2. The van der Waals surface area contributed by atoms with Gasteiger partial charge in [-0.25, -0.2) is 18.7 Å². The van der Waals surface area contributed by atoms with Crippen molar-refractivity contribution in [1.29, 1.82) is 0 Å². The summed E-state index contributed by atoms with van der Waals surface area (Å²) in [6.45, 7) is 0.0575. The highest BCUT2D eigenvalue weighted by molar-refractivity contribution is 5.98. The Kier molecular flexibility index (Phi) is 6.47. The van der Waals surface area contributed by atoms with Crippen molar-refractivity contribution in [2.24, 2.45) is 0 Å². The zero-order valence-electron chi connectivity index (χ0n) is 20.0. The molecular formula is C26H22FN5O6. The van der Waals surface area contributed by atoms with Crippen molar-refractivity contribution in [1.82, 2.24) is 25.2 Å². The molecular weight excluding hydrogens is 497 g/mol. The molecule has 11 nitrogen and oxygen atoms in total. The zero-order chi connectivity index (χ0) is 27.0. The molecule has 12 heteroatoms. The molecule has 0 bridgehead atoms. The highest BCUT2D eigenvalue weighted by atomic mass is 19.1. The summed E-state index contributed by atoms with van der Waals surface area (Å²) in [6.07, 6.45) is 0.0796. The van der Waals surface area contributed by atoms with Gasteiger partial charge in [0.15, 0.2) is 11.5 Å². The topological polar surface area (TPSA) is 155 Å². The lowest BCUT2D eigenvalue weighted by atomic mass is 10.0. The molecule has 0 fully saturated rings. The molecule has 2 aromatic heterocycles. The van der Waals surface area contributed by atoms with Crippen LogP contribution < -0.4 is 10.6 Å². The van der Waals surface area contributed by atoms with E-state index < -0.39 is 35.7 Å². The molecule has 4 N–H and O–H groups in total. The summed E-state index contributed by atoms with van der Waals surface area (Å²) in [5, 5.41) is 29.5. The molecule has 0 aliphatic heterocycles. The average molecular weight is 519 g/mol. The normalized spacial score (nSPS) is 16.2. The molecule has 2 aromatic carbocycles. The van der Waals surface area contributed by atoms with Crippen LogP contribution in [-0.4, -0.2) is 55.8 Å². The van der Waals surface area contributed by atoms with Crippen LogP contribution >= 0.6 is 0 Å². The molecule has 1 unspecified atom stereocenters. The number of carbonyl (C=O) groups is 3. The first kappa shape index (κ1) is 24.8. The van der Waals surface area contributed by atoms with Crippen LogP contribution in [0.1, 0.15) is 54.1 Å². The number of hydrogen-bond donors (Lipinski definition) is 4. The first-order valence-electron chi connectivity index (χ1n) is 11.6. The van der Waals surface area contributed by atoms with E-state index in [4.69, 9.17) is 4.74 Å². The number of benzene rings is 2. The predicted molar refractivity (Wildman–Crippen MR) is 130 cm³/mol. The van der Waals surface area contributed by atoms with Crippen LogP contribution in [-0.2, 0) is 17.7 Å². The fourth-order valence-corrected chi connectivity index (χ4v) is 4.42. The molecule has 2 atom stereocenters. The number of methoxy groups -OCH3 is 1. The fourth-order valence-electron chi connectivity index (χ4n) is 4.42. The molecule has 2 heterocycles. The molecule has 0 saturated heterocycles. The number of carbonyl (C=O) groups excluding carboxylic acids is 3. The number of hydrogen-bond acceptors (Lipinski definition) is 8. The van der Waals surface area contributed by atoms with Crippen LogP contribution in [0.15, 0.2) is 54.7 Å². The first-order valence-corrected chi connectivity index (χ1v) is 11.6. The van der Waals surface area contributed by atoms with Crippen molar-refractivity contribution in [3.8, 4) is 5.75 Å². The number of aliphatic hydroxyl groups is 1. The van der Waals surface area contributed by atoms with Gasteiger partial charge in [0.2, 0.25) is 0 Å². The number of esters is 1. The second-order valence-corrected chi connectivity index (χ2v) is 8.73. The average Bonchev–Trinajstić information content (AvgIpc) is 3.44.